The number of anilines is 1. The Hall–Kier alpha value is -2.84. The van der Waals surface area contributed by atoms with Crippen LogP contribution in [0.1, 0.15) is 41.6 Å². The number of hydrogen-bond acceptors (Lipinski definition) is 5. The number of nitrogens with zero attached hydrogens (tertiary/aromatic N) is 3. The van der Waals surface area contributed by atoms with E-state index in [1.54, 1.807) is 48.3 Å². The molecule has 34 heavy (non-hydrogen) atoms. The Labute approximate surface area is 208 Å². The third kappa shape index (κ3) is 6.18. The van der Waals surface area contributed by atoms with Crippen molar-refractivity contribution in [1.82, 2.24) is 9.80 Å². The number of hydrogen-bond donors (Lipinski definition) is 1. The standard InChI is InChI=1S/C25H27ClN4O3S/c1-29(16-17-8-10-19(26)11-9-17)24(33)18-6-5-7-20(14-18)27-22(31)15-21-23(32)28-25(34-21)30-12-3-2-4-13-30/h5-11,14,21H,2-4,12-13,15-16H2,1H3,(H,27,31). The molecule has 0 radical (unpaired) electrons. The summed E-state index contributed by atoms with van der Waals surface area (Å²) in [6, 6.07) is 14.2. The molecular formula is C25H27ClN4O3S. The fourth-order valence-corrected chi connectivity index (χ4v) is 5.24. The van der Waals surface area contributed by atoms with Gasteiger partial charge < -0.3 is 15.1 Å². The molecule has 0 saturated carbocycles. The van der Waals surface area contributed by atoms with Gasteiger partial charge in [0.15, 0.2) is 5.17 Å². The minimum atomic E-state index is -0.507. The average molecular weight is 499 g/mol. The van der Waals surface area contributed by atoms with Crippen LogP contribution in [0.25, 0.3) is 0 Å². The monoisotopic (exact) mass is 498 g/mol. The van der Waals surface area contributed by atoms with Crippen LogP contribution in [0.5, 0.6) is 0 Å². The molecule has 178 valence electrons. The zero-order chi connectivity index (χ0) is 24.1. The first-order valence-electron chi connectivity index (χ1n) is 11.3. The average Bonchev–Trinajstić information content (AvgIpc) is 3.20. The van der Waals surface area contributed by atoms with E-state index < -0.39 is 5.25 Å². The molecule has 0 aromatic heterocycles. The van der Waals surface area contributed by atoms with Gasteiger partial charge in [0.25, 0.3) is 11.8 Å². The van der Waals surface area contributed by atoms with Crippen LogP contribution in [0.2, 0.25) is 5.02 Å². The molecule has 2 aromatic carbocycles. The summed E-state index contributed by atoms with van der Waals surface area (Å²) in [5, 5.41) is 3.69. The van der Waals surface area contributed by atoms with E-state index in [-0.39, 0.29) is 24.1 Å². The van der Waals surface area contributed by atoms with Gasteiger partial charge in [-0.25, -0.2) is 0 Å². The van der Waals surface area contributed by atoms with E-state index in [1.165, 1.54) is 18.2 Å². The third-order valence-corrected chi connectivity index (χ3v) is 7.26. The molecule has 0 aliphatic carbocycles. The van der Waals surface area contributed by atoms with Crippen LogP contribution in [-0.4, -0.2) is 58.1 Å². The van der Waals surface area contributed by atoms with Gasteiger partial charge in [-0.2, -0.15) is 4.99 Å². The van der Waals surface area contributed by atoms with Crippen molar-refractivity contribution >= 4 is 51.9 Å². The van der Waals surface area contributed by atoms with Gasteiger partial charge in [0.05, 0.1) is 0 Å². The van der Waals surface area contributed by atoms with Gasteiger partial charge in [-0.3, -0.25) is 14.4 Å². The van der Waals surface area contributed by atoms with Crippen molar-refractivity contribution in [2.24, 2.45) is 4.99 Å². The molecule has 1 unspecified atom stereocenters. The first-order valence-corrected chi connectivity index (χ1v) is 12.6. The molecule has 1 N–H and O–H groups in total. The lowest BCUT2D eigenvalue weighted by molar-refractivity contribution is -0.121. The highest BCUT2D eigenvalue weighted by molar-refractivity contribution is 8.15. The van der Waals surface area contributed by atoms with Crippen LogP contribution in [0, 0.1) is 0 Å². The van der Waals surface area contributed by atoms with Gasteiger partial charge in [0, 0.05) is 49.4 Å². The number of likely N-dealkylation sites (tertiary alicyclic amines) is 1. The lowest BCUT2D eigenvalue weighted by Crippen LogP contribution is -2.33. The van der Waals surface area contributed by atoms with E-state index in [9.17, 15) is 14.4 Å². The number of carbonyl (C=O) groups excluding carboxylic acids is 3. The second-order valence-corrected chi connectivity index (χ2v) is 10.1. The molecule has 0 spiro atoms. The van der Waals surface area contributed by atoms with Crippen LogP contribution in [-0.2, 0) is 16.1 Å². The number of rotatable bonds is 6. The maximum atomic E-state index is 12.9. The number of piperidine rings is 1. The van der Waals surface area contributed by atoms with Crippen LogP contribution < -0.4 is 5.32 Å². The maximum absolute atomic E-state index is 12.9. The van der Waals surface area contributed by atoms with Crippen LogP contribution >= 0.6 is 23.4 Å². The normalized spacial score (nSPS) is 17.9. The topological polar surface area (TPSA) is 82.1 Å². The Morgan fingerprint density at radius 2 is 1.88 bits per heavy atom. The largest absolute Gasteiger partial charge is 0.351 e. The summed E-state index contributed by atoms with van der Waals surface area (Å²) in [5.74, 6) is -0.694. The second kappa shape index (κ2) is 11.1. The first-order chi connectivity index (χ1) is 16.4. The molecule has 1 fully saturated rings. The van der Waals surface area contributed by atoms with Crippen LogP contribution in [0.3, 0.4) is 0 Å². The number of carbonyl (C=O) groups is 3. The number of benzene rings is 2. The number of nitrogens with one attached hydrogen (secondary N) is 1. The Bertz CT molecular complexity index is 1100. The summed E-state index contributed by atoms with van der Waals surface area (Å²) in [4.78, 5) is 45.8. The molecule has 7 nitrogen and oxygen atoms in total. The molecule has 2 aliphatic rings. The van der Waals surface area contributed by atoms with Crippen molar-refractivity contribution in [3.05, 3.63) is 64.7 Å². The summed E-state index contributed by atoms with van der Waals surface area (Å²) in [7, 11) is 1.73. The summed E-state index contributed by atoms with van der Waals surface area (Å²) < 4.78 is 0. The molecular weight excluding hydrogens is 472 g/mol. The quantitative estimate of drug-likeness (QED) is 0.637. The molecule has 4 rings (SSSR count). The molecule has 1 saturated heterocycles. The zero-order valence-corrected chi connectivity index (χ0v) is 20.6. The summed E-state index contributed by atoms with van der Waals surface area (Å²) in [6.07, 6.45) is 3.44. The number of amides is 3. The zero-order valence-electron chi connectivity index (χ0n) is 19.0. The molecule has 2 aliphatic heterocycles. The Morgan fingerprint density at radius 3 is 2.62 bits per heavy atom. The maximum Gasteiger partial charge on any atom is 0.262 e. The number of amidine groups is 1. The van der Waals surface area contributed by atoms with Gasteiger partial charge >= 0.3 is 0 Å². The lowest BCUT2D eigenvalue weighted by Gasteiger charge is -2.27. The van der Waals surface area contributed by atoms with Gasteiger partial charge in [-0.05, 0) is 55.2 Å². The fraction of sp³-hybridized carbons (Fsp3) is 0.360. The SMILES string of the molecule is CN(Cc1ccc(Cl)cc1)C(=O)c1cccc(NC(=O)CC2SC(N3CCCCC3)=NC2=O)c1. The van der Waals surface area contributed by atoms with Gasteiger partial charge in [0.1, 0.15) is 5.25 Å². The molecule has 3 amide bonds. The van der Waals surface area contributed by atoms with Crippen molar-refractivity contribution in [1.29, 1.82) is 0 Å². The van der Waals surface area contributed by atoms with Gasteiger partial charge in [-0.1, -0.05) is 41.6 Å². The summed E-state index contributed by atoms with van der Waals surface area (Å²) >= 11 is 7.30. The van der Waals surface area contributed by atoms with Crippen molar-refractivity contribution in [3.63, 3.8) is 0 Å². The van der Waals surface area contributed by atoms with E-state index in [4.69, 9.17) is 11.6 Å². The lowest BCUT2D eigenvalue weighted by atomic mass is 10.1. The Morgan fingerprint density at radius 1 is 1.15 bits per heavy atom. The highest BCUT2D eigenvalue weighted by atomic mass is 35.5. The number of aliphatic imine (C=N–C) groups is 1. The van der Waals surface area contributed by atoms with E-state index in [1.807, 2.05) is 12.1 Å². The Kier molecular flexibility index (Phi) is 7.90. The predicted octanol–water partition coefficient (Wildman–Crippen LogP) is 4.42. The molecule has 2 aromatic rings. The minimum absolute atomic E-state index is 0.0407. The highest BCUT2D eigenvalue weighted by Gasteiger charge is 2.33. The van der Waals surface area contributed by atoms with Gasteiger partial charge in [0.2, 0.25) is 5.91 Å². The predicted molar refractivity (Wildman–Crippen MR) is 136 cm³/mol. The molecule has 2 heterocycles. The molecule has 0 bridgehead atoms. The van der Waals surface area contributed by atoms with E-state index in [0.717, 1.165) is 36.7 Å². The summed E-state index contributed by atoms with van der Waals surface area (Å²) in [6.45, 7) is 2.25. The van der Waals surface area contributed by atoms with Crippen molar-refractivity contribution in [2.75, 3.05) is 25.5 Å². The molecule has 1 atom stereocenters. The Balaban J connectivity index is 1.32. The third-order valence-electron chi connectivity index (χ3n) is 5.80. The summed E-state index contributed by atoms with van der Waals surface area (Å²) in [5.41, 5.74) is 1.95. The van der Waals surface area contributed by atoms with E-state index in [0.29, 0.717) is 22.8 Å². The number of halogens is 1. The van der Waals surface area contributed by atoms with Crippen molar-refractivity contribution in [3.8, 4) is 0 Å². The van der Waals surface area contributed by atoms with Gasteiger partial charge in [-0.15, -0.1) is 0 Å². The minimum Gasteiger partial charge on any atom is -0.351 e. The first kappa shape index (κ1) is 24.3. The van der Waals surface area contributed by atoms with Crippen molar-refractivity contribution < 1.29 is 14.4 Å². The van der Waals surface area contributed by atoms with E-state index >= 15 is 0 Å². The number of thioether (sulfide) groups is 1. The van der Waals surface area contributed by atoms with Crippen LogP contribution in [0.15, 0.2) is 53.5 Å². The van der Waals surface area contributed by atoms with E-state index in [2.05, 4.69) is 15.2 Å². The smallest absolute Gasteiger partial charge is 0.262 e. The van der Waals surface area contributed by atoms with Crippen LogP contribution in [0.4, 0.5) is 5.69 Å². The van der Waals surface area contributed by atoms with Crippen molar-refractivity contribution in [2.45, 2.75) is 37.5 Å². The highest BCUT2D eigenvalue weighted by Crippen LogP contribution is 2.29. The molecule has 9 heteroatoms. The fourth-order valence-electron chi connectivity index (χ4n) is 4.00. The second-order valence-electron chi connectivity index (χ2n) is 8.51.